The molecule has 86 valence electrons. The summed E-state index contributed by atoms with van der Waals surface area (Å²) in [5.74, 6) is 0.803. The molecule has 16 heavy (non-hydrogen) atoms. The Morgan fingerprint density at radius 2 is 2.50 bits per heavy atom. The number of nitrogens with zero attached hydrogens (tertiary/aromatic N) is 1. The fourth-order valence-corrected chi connectivity index (χ4v) is 1.91. The molecule has 1 aliphatic heterocycles. The van der Waals surface area contributed by atoms with E-state index in [9.17, 15) is 4.79 Å². The van der Waals surface area contributed by atoms with Crippen molar-refractivity contribution in [3.05, 3.63) is 23.9 Å². The van der Waals surface area contributed by atoms with Crippen LogP contribution >= 0.6 is 0 Å². The summed E-state index contributed by atoms with van der Waals surface area (Å²) < 4.78 is 0. The van der Waals surface area contributed by atoms with Crippen molar-refractivity contribution in [3.8, 4) is 0 Å². The number of piperidine rings is 1. The van der Waals surface area contributed by atoms with Crippen molar-refractivity contribution in [2.45, 2.75) is 19.8 Å². The van der Waals surface area contributed by atoms with Crippen molar-refractivity contribution in [1.82, 2.24) is 10.3 Å². The highest BCUT2D eigenvalue weighted by atomic mass is 16.2. The fourth-order valence-electron chi connectivity index (χ4n) is 1.91. The van der Waals surface area contributed by atoms with E-state index in [0.717, 1.165) is 31.5 Å². The Hall–Kier alpha value is -1.42. The second-order valence-electron chi connectivity index (χ2n) is 4.25. The number of amides is 1. The number of rotatable bonds is 2. The number of anilines is 1. The van der Waals surface area contributed by atoms with E-state index in [1.165, 1.54) is 0 Å². The van der Waals surface area contributed by atoms with Crippen molar-refractivity contribution >= 4 is 11.7 Å². The summed E-state index contributed by atoms with van der Waals surface area (Å²) in [6, 6.07) is 3.80. The lowest BCUT2D eigenvalue weighted by atomic mass is 9.99. The number of hydrogen-bond acceptors (Lipinski definition) is 3. The molecule has 2 heterocycles. The summed E-state index contributed by atoms with van der Waals surface area (Å²) >= 11 is 0. The van der Waals surface area contributed by atoms with Gasteiger partial charge >= 0.3 is 0 Å². The average molecular weight is 219 g/mol. The maximum Gasteiger partial charge on any atom is 0.229 e. The Bertz CT molecular complexity index is 372. The molecule has 1 aliphatic rings. The third-order valence-electron chi connectivity index (χ3n) is 2.83. The van der Waals surface area contributed by atoms with Gasteiger partial charge in [0.25, 0.3) is 0 Å². The molecule has 1 saturated heterocycles. The maximum absolute atomic E-state index is 11.9. The first-order chi connectivity index (χ1) is 7.75. The molecule has 4 nitrogen and oxygen atoms in total. The minimum atomic E-state index is 0.0744. The first-order valence-electron chi connectivity index (χ1n) is 5.70. The van der Waals surface area contributed by atoms with Crippen LogP contribution in [0.2, 0.25) is 0 Å². The molecule has 1 aromatic heterocycles. The Balaban J connectivity index is 1.96. The molecular formula is C12H17N3O. The molecule has 1 unspecified atom stereocenters. The van der Waals surface area contributed by atoms with Gasteiger partial charge in [0.05, 0.1) is 5.92 Å². The number of carbonyl (C=O) groups is 1. The van der Waals surface area contributed by atoms with E-state index in [2.05, 4.69) is 15.6 Å². The summed E-state index contributed by atoms with van der Waals surface area (Å²) in [5, 5.41) is 6.09. The van der Waals surface area contributed by atoms with Gasteiger partial charge in [-0.3, -0.25) is 4.79 Å². The summed E-state index contributed by atoms with van der Waals surface area (Å²) in [4.78, 5) is 16.0. The predicted molar refractivity (Wildman–Crippen MR) is 63.2 cm³/mol. The van der Waals surface area contributed by atoms with Gasteiger partial charge in [-0.05, 0) is 44.0 Å². The van der Waals surface area contributed by atoms with E-state index in [1.54, 1.807) is 6.20 Å². The summed E-state index contributed by atoms with van der Waals surface area (Å²) in [5.41, 5.74) is 1.10. The third-order valence-corrected chi connectivity index (χ3v) is 2.83. The number of nitrogens with one attached hydrogen (secondary N) is 2. The SMILES string of the molecule is Cc1ccnc(NC(=O)C2CCCNC2)c1. The molecule has 1 fully saturated rings. The average Bonchev–Trinajstić information content (AvgIpc) is 2.30. The minimum Gasteiger partial charge on any atom is -0.316 e. The van der Waals surface area contributed by atoms with E-state index in [4.69, 9.17) is 0 Å². The van der Waals surface area contributed by atoms with Gasteiger partial charge < -0.3 is 10.6 Å². The maximum atomic E-state index is 11.9. The topological polar surface area (TPSA) is 54.0 Å². The van der Waals surface area contributed by atoms with E-state index >= 15 is 0 Å². The smallest absolute Gasteiger partial charge is 0.229 e. The number of aryl methyl sites for hydroxylation is 1. The van der Waals surface area contributed by atoms with Gasteiger partial charge in [-0.2, -0.15) is 0 Å². The highest BCUT2D eigenvalue weighted by Gasteiger charge is 2.20. The second kappa shape index (κ2) is 5.07. The molecule has 2 rings (SSSR count). The quantitative estimate of drug-likeness (QED) is 0.789. The normalized spacial score (nSPS) is 20.4. The predicted octanol–water partition coefficient (Wildman–Crippen LogP) is 1.33. The van der Waals surface area contributed by atoms with Gasteiger partial charge in [-0.1, -0.05) is 0 Å². The zero-order chi connectivity index (χ0) is 11.4. The van der Waals surface area contributed by atoms with Crippen LogP contribution in [0, 0.1) is 12.8 Å². The van der Waals surface area contributed by atoms with Crippen LogP contribution in [0.1, 0.15) is 18.4 Å². The lowest BCUT2D eigenvalue weighted by Crippen LogP contribution is -2.37. The summed E-state index contributed by atoms with van der Waals surface area (Å²) in [6.07, 6.45) is 3.74. The summed E-state index contributed by atoms with van der Waals surface area (Å²) in [6.45, 7) is 3.78. The van der Waals surface area contributed by atoms with Gasteiger partial charge in [-0.15, -0.1) is 0 Å². The summed E-state index contributed by atoms with van der Waals surface area (Å²) in [7, 11) is 0. The molecule has 4 heteroatoms. The lowest BCUT2D eigenvalue weighted by molar-refractivity contribution is -0.120. The highest BCUT2D eigenvalue weighted by Crippen LogP contribution is 2.13. The van der Waals surface area contributed by atoms with Crippen molar-refractivity contribution in [2.75, 3.05) is 18.4 Å². The van der Waals surface area contributed by atoms with Crippen LogP contribution < -0.4 is 10.6 Å². The molecule has 0 radical (unpaired) electrons. The van der Waals surface area contributed by atoms with Crippen LogP contribution in [0.4, 0.5) is 5.82 Å². The van der Waals surface area contributed by atoms with E-state index in [-0.39, 0.29) is 11.8 Å². The van der Waals surface area contributed by atoms with Crippen LogP contribution in [-0.2, 0) is 4.79 Å². The first-order valence-corrected chi connectivity index (χ1v) is 5.70. The molecule has 0 saturated carbocycles. The number of pyridine rings is 1. The van der Waals surface area contributed by atoms with Crippen molar-refractivity contribution in [1.29, 1.82) is 0 Å². The number of hydrogen-bond donors (Lipinski definition) is 2. The van der Waals surface area contributed by atoms with Gasteiger partial charge in [0.1, 0.15) is 5.82 Å². The lowest BCUT2D eigenvalue weighted by Gasteiger charge is -2.21. The second-order valence-corrected chi connectivity index (χ2v) is 4.25. The van der Waals surface area contributed by atoms with Crippen LogP contribution in [0.15, 0.2) is 18.3 Å². The third kappa shape index (κ3) is 2.79. The van der Waals surface area contributed by atoms with Gasteiger partial charge in [0, 0.05) is 12.7 Å². The standard InChI is InChI=1S/C12H17N3O/c1-9-4-6-14-11(7-9)15-12(16)10-3-2-5-13-8-10/h4,6-7,10,13H,2-3,5,8H2,1H3,(H,14,15,16). The van der Waals surface area contributed by atoms with Gasteiger partial charge in [0.15, 0.2) is 0 Å². The molecule has 0 spiro atoms. The molecule has 2 N–H and O–H groups in total. The van der Waals surface area contributed by atoms with Crippen molar-refractivity contribution in [3.63, 3.8) is 0 Å². The largest absolute Gasteiger partial charge is 0.316 e. The Kier molecular flexibility index (Phi) is 3.51. The molecule has 1 amide bonds. The highest BCUT2D eigenvalue weighted by molar-refractivity contribution is 5.91. The fraction of sp³-hybridized carbons (Fsp3) is 0.500. The number of aromatic nitrogens is 1. The number of carbonyl (C=O) groups excluding carboxylic acids is 1. The van der Waals surface area contributed by atoms with Crippen molar-refractivity contribution < 1.29 is 4.79 Å². The van der Waals surface area contributed by atoms with Crippen LogP contribution in [0.25, 0.3) is 0 Å². The Morgan fingerprint density at radius 3 is 3.19 bits per heavy atom. The molecule has 1 atom stereocenters. The zero-order valence-electron chi connectivity index (χ0n) is 9.49. The molecular weight excluding hydrogens is 202 g/mol. The van der Waals surface area contributed by atoms with Crippen LogP contribution in [0.3, 0.4) is 0 Å². The Labute approximate surface area is 95.5 Å². The molecule has 1 aromatic rings. The monoisotopic (exact) mass is 219 g/mol. The van der Waals surface area contributed by atoms with E-state index in [1.807, 2.05) is 19.1 Å². The minimum absolute atomic E-state index is 0.0744. The van der Waals surface area contributed by atoms with Gasteiger partial charge in [-0.25, -0.2) is 4.98 Å². The van der Waals surface area contributed by atoms with Gasteiger partial charge in [0.2, 0.25) is 5.91 Å². The van der Waals surface area contributed by atoms with E-state index in [0.29, 0.717) is 5.82 Å². The zero-order valence-corrected chi connectivity index (χ0v) is 9.49. The van der Waals surface area contributed by atoms with Crippen molar-refractivity contribution in [2.24, 2.45) is 5.92 Å². The molecule has 0 aromatic carbocycles. The first kappa shape index (κ1) is 11.1. The Morgan fingerprint density at radius 1 is 1.62 bits per heavy atom. The van der Waals surface area contributed by atoms with Crippen LogP contribution in [-0.4, -0.2) is 24.0 Å². The molecule has 0 aliphatic carbocycles. The van der Waals surface area contributed by atoms with E-state index < -0.39 is 0 Å². The van der Waals surface area contributed by atoms with Crippen LogP contribution in [0.5, 0.6) is 0 Å². The molecule has 0 bridgehead atoms.